The lowest BCUT2D eigenvalue weighted by Crippen LogP contribution is -2.45. The molecule has 1 unspecified atom stereocenters. The van der Waals surface area contributed by atoms with E-state index in [1.165, 1.54) is 24.3 Å². The summed E-state index contributed by atoms with van der Waals surface area (Å²) in [5, 5.41) is 0. The molecule has 2 heterocycles. The molecule has 0 radical (unpaired) electrons. The number of halogens is 1. The van der Waals surface area contributed by atoms with Crippen LogP contribution in [0.1, 0.15) is 41.6 Å². The van der Waals surface area contributed by atoms with Crippen LogP contribution in [-0.4, -0.2) is 27.3 Å². The molecule has 2 aromatic rings. The highest BCUT2D eigenvalue weighted by Crippen LogP contribution is 2.37. The Hall–Kier alpha value is -2.50. The number of rotatable bonds is 2. The highest BCUT2D eigenvalue weighted by Gasteiger charge is 2.43. The SMILES string of the molecule is Cc1cc(=O)[nH]c(C2(C)CCCN2C(=O)c2cccc(F)c2)n1. The Kier molecular flexibility index (Phi) is 3.75. The molecule has 1 fully saturated rings. The molecule has 3 rings (SSSR count). The van der Waals surface area contributed by atoms with E-state index in [1.807, 2.05) is 6.92 Å². The summed E-state index contributed by atoms with van der Waals surface area (Å²) in [5.41, 5.74) is -0.0314. The number of H-pyrrole nitrogens is 1. The lowest BCUT2D eigenvalue weighted by Gasteiger charge is -2.34. The molecule has 0 aliphatic carbocycles. The van der Waals surface area contributed by atoms with Gasteiger partial charge in [-0.3, -0.25) is 9.59 Å². The van der Waals surface area contributed by atoms with E-state index < -0.39 is 11.4 Å². The van der Waals surface area contributed by atoms with E-state index in [0.29, 0.717) is 30.0 Å². The Morgan fingerprint density at radius 2 is 2.17 bits per heavy atom. The summed E-state index contributed by atoms with van der Waals surface area (Å²) >= 11 is 0. The maximum atomic E-state index is 13.4. The van der Waals surface area contributed by atoms with E-state index in [9.17, 15) is 14.0 Å². The Balaban J connectivity index is 2.02. The van der Waals surface area contributed by atoms with Crippen molar-refractivity contribution in [1.82, 2.24) is 14.9 Å². The topological polar surface area (TPSA) is 66.1 Å². The van der Waals surface area contributed by atoms with Crippen molar-refractivity contribution < 1.29 is 9.18 Å². The fraction of sp³-hybridized carbons (Fsp3) is 0.353. The molecule has 120 valence electrons. The van der Waals surface area contributed by atoms with Crippen LogP contribution < -0.4 is 5.56 Å². The van der Waals surface area contributed by atoms with Crippen molar-refractivity contribution >= 4 is 5.91 Å². The molecule has 0 spiro atoms. The maximum absolute atomic E-state index is 13.4. The fourth-order valence-corrected chi connectivity index (χ4v) is 3.15. The molecule has 0 bridgehead atoms. The predicted octanol–water partition coefficient (Wildman–Crippen LogP) is 2.37. The lowest BCUT2D eigenvalue weighted by atomic mass is 9.96. The molecule has 1 amide bonds. The van der Waals surface area contributed by atoms with Gasteiger partial charge in [0.2, 0.25) is 0 Å². The monoisotopic (exact) mass is 315 g/mol. The smallest absolute Gasteiger partial charge is 0.254 e. The van der Waals surface area contributed by atoms with Crippen LogP contribution in [0.15, 0.2) is 35.1 Å². The molecular formula is C17H18FN3O2. The Morgan fingerprint density at radius 1 is 1.39 bits per heavy atom. The molecule has 23 heavy (non-hydrogen) atoms. The van der Waals surface area contributed by atoms with Crippen LogP contribution >= 0.6 is 0 Å². The summed E-state index contributed by atoms with van der Waals surface area (Å²) in [6, 6.07) is 7.06. The van der Waals surface area contributed by atoms with E-state index in [-0.39, 0.29) is 11.5 Å². The average Bonchev–Trinajstić information content (AvgIpc) is 2.89. The molecule has 1 saturated heterocycles. The third-order valence-electron chi connectivity index (χ3n) is 4.34. The minimum Gasteiger partial charge on any atom is -0.326 e. The second-order valence-corrected chi connectivity index (χ2v) is 6.08. The van der Waals surface area contributed by atoms with Gasteiger partial charge in [-0.05, 0) is 44.9 Å². The van der Waals surface area contributed by atoms with Crippen molar-refractivity contribution in [2.24, 2.45) is 0 Å². The molecular weight excluding hydrogens is 297 g/mol. The van der Waals surface area contributed by atoms with E-state index in [1.54, 1.807) is 17.9 Å². The quantitative estimate of drug-likeness (QED) is 0.925. The predicted molar refractivity (Wildman–Crippen MR) is 83.6 cm³/mol. The summed E-state index contributed by atoms with van der Waals surface area (Å²) in [7, 11) is 0. The Labute approximate surface area is 133 Å². The van der Waals surface area contributed by atoms with Crippen molar-refractivity contribution in [2.75, 3.05) is 6.54 Å². The van der Waals surface area contributed by atoms with Gasteiger partial charge in [0.05, 0.1) is 5.54 Å². The molecule has 1 N–H and O–H groups in total. The number of hydrogen-bond acceptors (Lipinski definition) is 3. The van der Waals surface area contributed by atoms with Crippen molar-refractivity contribution in [1.29, 1.82) is 0 Å². The van der Waals surface area contributed by atoms with E-state index in [2.05, 4.69) is 9.97 Å². The zero-order valence-electron chi connectivity index (χ0n) is 13.1. The van der Waals surface area contributed by atoms with Crippen molar-refractivity contribution in [3.8, 4) is 0 Å². The first-order chi connectivity index (χ1) is 10.9. The summed E-state index contributed by atoms with van der Waals surface area (Å²) in [5.74, 6) is -0.225. The van der Waals surface area contributed by atoms with Gasteiger partial charge in [0.15, 0.2) is 0 Å². The average molecular weight is 315 g/mol. The van der Waals surface area contributed by atoms with Crippen LogP contribution in [0.4, 0.5) is 4.39 Å². The van der Waals surface area contributed by atoms with E-state index in [4.69, 9.17) is 0 Å². The zero-order valence-corrected chi connectivity index (χ0v) is 13.1. The third-order valence-corrected chi connectivity index (χ3v) is 4.34. The number of likely N-dealkylation sites (tertiary alicyclic amines) is 1. The fourth-order valence-electron chi connectivity index (χ4n) is 3.15. The molecule has 1 aromatic heterocycles. The number of aryl methyl sites for hydroxylation is 1. The third kappa shape index (κ3) is 2.76. The van der Waals surface area contributed by atoms with Crippen LogP contribution in [0, 0.1) is 12.7 Å². The second-order valence-electron chi connectivity index (χ2n) is 6.08. The molecule has 6 heteroatoms. The standard InChI is InChI=1S/C17H18FN3O2/c1-11-9-14(22)20-16(19-11)17(2)7-4-8-21(17)15(23)12-5-3-6-13(18)10-12/h3,5-6,9-10H,4,7-8H2,1-2H3,(H,19,20,22). The van der Waals surface area contributed by atoms with Crippen LogP contribution in [-0.2, 0) is 5.54 Å². The van der Waals surface area contributed by atoms with Crippen LogP contribution in [0.5, 0.6) is 0 Å². The molecule has 0 saturated carbocycles. The van der Waals surface area contributed by atoms with E-state index >= 15 is 0 Å². The first kappa shape index (κ1) is 15.4. The maximum Gasteiger partial charge on any atom is 0.254 e. The van der Waals surface area contributed by atoms with Crippen LogP contribution in [0.3, 0.4) is 0 Å². The molecule has 5 nitrogen and oxygen atoms in total. The number of nitrogens with one attached hydrogen (secondary N) is 1. The van der Waals surface area contributed by atoms with Gasteiger partial charge in [-0.25, -0.2) is 9.37 Å². The summed E-state index contributed by atoms with van der Waals surface area (Å²) in [4.78, 5) is 33.4. The molecule has 1 aliphatic rings. The molecule has 1 aliphatic heterocycles. The highest BCUT2D eigenvalue weighted by atomic mass is 19.1. The Morgan fingerprint density at radius 3 is 2.87 bits per heavy atom. The van der Waals surface area contributed by atoms with Gasteiger partial charge in [-0.2, -0.15) is 0 Å². The van der Waals surface area contributed by atoms with E-state index in [0.717, 1.165) is 6.42 Å². The molecule has 1 atom stereocenters. The first-order valence-electron chi connectivity index (χ1n) is 7.56. The number of aromatic amines is 1. The number of carbonyl (C=O) groups excluding carboxylic acids is 1. The van der Waals surface area contributed by atoms with Crippen molar-refractivity contribution in [3.05, 3.63) is 63.6 Å². The van der Waals surface area contributed by atoms with Gasteiger partial charge in [0.1, 0.15) is 11.6 Å². The minimum atomic E-state index is -0.700. The van der Waals surface area contributed by atoms with Gasteiger partial charge in [0.25, 0.3) is 11.5 Å². The van der Waals surface area contributed by atoms with Gasteiger partial charge in [0, 0.05) is 23.9 Å². The van der Waals surface area contributed by atoms with Gasteiger partial charge < -0.3 is 9.88 Å². The number of aromatic nitrogens is 2. The van der Waals surface area contributed by atoms with Gasteiger partial charge in [-0.1, -0.05) is 6.07 Å². The molecule has 1 aromatic carbocycles. The number of amides is 1. The Bertz CT molecular complexity index is 817. The summed E-state index contributed by atoms with van der Waals surface area (Å²) < 4.78 is 13.4. The number of benzene rings is 1. The van der Waals surface area contributed by atoms with Gasteiger partial charge >= 0.3 is 0 Å². The summed E-state index contributed by atoms with van der Waals surface area (Å²) in [6.45, 7) is 4.17. The van der Waals surface area contributed by atoms with Crippen LogP contribution in [0.2, 0.25) is 0 Å². The normalized spacial score (nSPS) is 20.7. The van der Waals surface area contributed by atoms with Crippen LogP contribution in [0.25, 0.3) is 0 Å². The zero-order chi connectivity index (χ0) is 16.6. The second kappa shape index (κ2) is 5.61. The largest absolute Gasteiger partial charge is 0.326 e. The first-order valence-corrected chi connectivity index (χ1v) is 7.56. The number of hydrogen-bond donors (Lipinski definition) is 1. The van der Waals surface area contributed by atoms with Crippen molar-refractivity contribution in [2.45, 2.75) is 32.2 Å². The number of nitrogens with zero attached hydrogens (tertiary/aromatic N) is 2. The number of carbonyl (C=O) groups is 1. The highest BCUT2D eigenvalue weighted by molar-refractivity contribution is 5.95. The lowest BCUT2D eigenvalue weighted by molar-refractivity contribution is 0.0602. The summed E-state index contributed by atoms with van der Waals surface area (Å²) in [6.07, 6.45) is 1.50. The van der Waals surface area contributed by atoms with Crippen molar-refractivity contribution in [3.63, 3.8) is 0 Å². The minimum absolute atomic E-state index is 0.237. The van der Waals surface area contributed by atoms with Gasteiger partial charge in [-0.15, -0.1) is 0 Å².